The molecular formula is C63H49NO2. The van der Waals surface area contributed by atoms with Gasteiger partial charge in [-0.1, -0.05) is 183 Å². The van der Waals surface area contributed by atoms with Gasteiger partial charge in [0.15, 0.2) is 0 Å². The Bertz CT molecular complexity index is 3460. The molecule has 1 spiro atoms. The zero-order valence-corrected chi connectivity index (χ0v) is 37.0. The fourth-order valence-corrected chi connectivity index (χ4v) is 13.3. The Morgan fingerprint density at radius 1 is 0.561 bits per heavy atom. The van der Waals surface area contributed by atoms with Gasteiger partial charge in [-0.05, 0) is 112 Å². The van der Waals surface area contributed by atoms with Gasteiger partial charge < -0.3 is 8.83 Å². The lowest BCUT2D eigenvalue weighted by molar-refractivity contribution is 0.346. The van der Waals surface area contributed by atoms with E-state index in [4.69, 9.17) is 8.83 Å². The van der Waals surface area contributed by atoms with Crippen LogP contribution in [-0.2, 0) is 17.3 Å². The van der Waals surface area contributed by atoms with Crippen LogP contribution in [0.3, 0.4) is 0 Å². The smallest absolute Gasteiger partial charge is 0.205 e. The second kappa shape index (κ2) is 14.6. The predicted molar refractivity (Wildman–Crippen MR) is 269 cm³/mol. The number of furan rings is 2. The van der Waals surface area contributed by atoms with Gasteiger partial charge in [0.05, 0.1) is 5.41 Å². The summed E-state index contributed by atoms with van der Waals surface area (Å²) in [7, 11) is 0. The van der Waals surface area contributed by atoms with Crippen LogP contribution in [0.2, 0.25) is 0 Å². The van der Waals surface area contributed by atoms with Crippen LogP contribution in [0.4, 0.5) is 11.6 Å². The molecule has 1 fully saturated rings. The number of allylic oxidation sites excluding steroid dienone is 4. The Hall–Kier alpha value is -7.36. The Kier molecular flexibility index (Phi) is 8.38. The number of hydrogen-bond donors (Lipinski definition) is 0. The maximum Gasteiger partial charge on any atom is 0.205 e. The highest BCUT2D eigenvalue weighted by Gasteiger charge is 2.50. The van der Waals surface area contributed by atoms with Crippen LogP contribution in [-0.4, -0.2) is 0 Å². The highest BCUT2D eigenvalue weighted by Crippen LogP contribution is 2.61. The van der Waals surface area contributed by atoms with E-state index < -0.39 is 5.41 Å². The molecule has 66 heavy (non-hydrogen) atoms. The number of benzene rings is 7. The molecule has 7 aromatic carbocycles. The first kappa shape index (κ1) is 38.0. The van der Waals surface area contributed by atoms with E-state index in [9.17, 15) is 0 Å². The minimum absolute atomic E-state index is 0.0258. The van der Waals surface area contributed by atoms with Crippen molar-refractivity contribution in [1.29, 1.82) is 0 Å². The van der Waals surface area contributed by atoms with Gasteiger partial charge in [0.2, 0.25) is 5.88 Å². The Labute approximate surface area is 386 Å². The molecule has 0 amide bonds. The molecule has 318 valence electrons. The number of fused-ring (bicyclic) bond motifs is 11. The largest absolute Gasteiger partial charge is 0.456 e. The maximum absolute atomic E-state index is 7.25. The molecule has 2 heterocycles. The minimum atomic E-state index is -0.522. The number of nitrogens with zero attached hydrogens (tertiary/aromatic N) is 1. The van der Waals surface area contributed by atoms with E-state index in [1.807, 2.05) is 0 Å². The Morgan fingerprint density at radius 2 is 1.26 bits per heavy atom. The van der Waals surface area contributed by atoms with Crippen molar-refractivity contribution in [1.82, 2.24) is 0 Å². The van der Waals surface area contributed by atoms with E-state index in [1.54, 1.807) is 0 Å². The van der Waals surface area contributed by atoms with Crippen molar-refractivity contribution in [2.45, 2.75) is 68.1 Å². The standard InChI is InChI=1S/C63H49NO2/c1-4-18-43(19-5-1)63(44-20-6-2-7-21-44)54-29-12-9-22-47(54)49-34-33-45(40-55(49)63)64(56-30-17-26-51-48-23-8-11-28-53(48)62(60(51)56)36-14-3-15-37-62)59-39-42-38-41(32-35-57(42)65-59)46-25-16-27-52-50-24-10-13-31-58(50)66-61(46)52/h1-2,4-13,16,18-25,27-35,39-41H,3,14-15,17,26,36-38H2. The van der Waals surface area contributed by atoms with Crippen molar-refractivity contribution >= 4 is 45.2 Å². The summed E-state index contributed by atoms with van der Waals surface area (Å²) in [6.45, 7) is 0. The first-order valence-corrected chi connectivity index (χ1v) is 24.1. The number of rotatable bonds is 6. The third-order valence-electron chi connectivity index (χ3n) is 16.0. The zero-order valence-electron chi connectivity index (χ0n) is 37.0. The Balaban J connectivity index is 0.973. The summed E-state index contributed by atoms with van der Waals surface area (Å²) in [4.78, 5) is 2.53. The number of hydrogen-bond acceptors (Lipinski definition) is 3. The van der Waals surface area contributed by atoms with Crippen LogP contribution in [0.25, 0.3) is 44.7 Å². The summed E-state index contributed by atoms with van der Waals surface area (Å²) in [5, 5.41) is 2.33. The maximum atomic E-state index is 7.25. The van der Waals surface area contributed by atoms with Crippen molar-refractivity contribution in [3.05, 3.63) is 250 Å². The summed E-state index contributed by atoms with van der Waals surface area (Å²) in [6, 6.07) is 65.5. The summed E-state index contributed by atoms with van der Waals surface area (Å²) in [6.07, 6.45) is 16.1. The van der Waals surface area contributed by atoms with Crippen molar-refractivity contribution in [3.63, 3.8) is 0 Å². The normalized spacial score (nSPS) is 18.5. The van der Waals surface area contributed by atoms with Gasteiger partial charge in [-0.15, -0.1) is 0 Å². The van der Waals surface area contributed by atoms with E-state index in [1.165, 1.54) is 110 Å². The molecule has 1 atom stereocenters. The van der Waals surface area contributed by atoms with Crippen LogP contribution < -0.4 is 4.90 Å². The van der Waals surface area contributed by atoms with Crippen molar-refractivity contribution in [2.75, 3.05) is 4.90 Å². The summed E-state index contributed by atoms with van der Waals surface area (Å²) >= 11 is 0. The first-order chi connectivity index (χ1) is 32.7. The summed E-state index contributed by atoms with van der Waals surface area (Å²) in [5.41, 5.74) is 20.0. The molecule has 1 unspecified atom stereocenters. The average Bonchev–Trinajstić information content (AvgIpc) is 4.13. The predicted octanol–water partition coefficient (Wildman–Crippen LogP) is 16.4. The molecule has 0 radical (unpaired) electrons. The molecular weight excluding hydrogens is 803 g/mol. The van der Waals surface area contributed by atoms with Gasteiger partial charge in [-0.3, -0.25) is 4.90 Å². The van der Waals surface area contributed by atoms with Crippen molar-refractivity contribution in [2.24, 2.45) is 0 Å². The van der Waals surface area contributed by atoms with Crippen LogP contribution in [0.15, 0.2) is 208 Å². The second-order valence-corrected chi connectivity index (χ2v) is 19.2. The lowest BCUT2D eigenvalue weighted by Crippen LogP contribution is -2.34. The van der Waals surface area contributed by atoms with Crippen molar-refractivity contribution in [3.8, 4) is 11.1 Å². The lowest BCUT2D eigenvalue weighted by Gasteiger charge is -2.42. The van der Waals surface area contributed by atoms with Crippen LogP contribution in [0, 0.1) is 0 Å². The third kappa shape index (κ3) is 5.31. The highest BCUT2D eigenvalue weighted by atomic mass is 16.4. The van der Waals surface area contributed by atoms with Crippen LogP contribution >= 0.6 is 0 Å². The van der Waals surface area contributed by atoms with E-state index in [-0.39, 0.29) is 11.3 Å². The highest BCUT2D eigenvalue weighted by molar-refractivity contribution is 6.06. The van der Waals surface area contributed by atoms with Gasteiger partial charge in [-0.25, -0.2) is 0 Å². The molecule has 14 rings (SSSR count). The molecule has 3 nitrogen and oxygen atoms in total. The number of anilines is 2. The fraction of sp³-hybridized carbons (Fsp3) is 0.175. The van der Waals surface area contributed by atoms with E-state index in [0.29, 0.717) is 0 Å². The van der Waals surface area contributed by atoms with Crippen LogP contribution in [0.5, 0.6) is 0 Å². The van der Waals surface area contributed by atoms with E-state index >= 15 is 0 Å². The van der Waals surface area contributed by atoms with Crippen LogP contribution in [0.1, 0.15) is 101 Å². The van der Waals surface area contributed by atoms with Gasteiger partial charge in [0, 0.05) is 50.7 Å². The molecule has 2 aromatic heterocycles. The summed E-state index contributed by atoms with van der Waals surface area (Å²) < 4.78 is 13.8. The third-order valence-corrected chi connectivity index (χ3v) is 16.0. The molecule has 1 saturated carbocycles. The van der Waals surface area contributed by atoms with Gasteiger partial charge >= 0.3 is 0 Å². The zero-order chi connectivity index (χ0) is 43.4. The molecule has 3 heteroatoms. The van der Waals surface area contributed by atoms with Gasteiger partial charge in [0.1, 0.15) is 16.9 Å². The van der Waals surface area contributed by atoms with Gasteiger partial charge in [-0.2, -0.15) is 0 Å². The monoisotopic (exact) mass is 851 g/mol. The first-order valence-electron chi connectivity index (χ1n) is 24.1. The van der Waals surface area contributed by atoms with E-state index in [0.717, 1.165) is 53.1 Å². The van der Waals surface area contributed by atoms with Gasteiger partial charge in [0.25, 0.3) is 0 Å². The second-order valence-electron chi connectivity index (χ2n) is 19.2. The molecule has 0 saturated heterocycles. The molecule has 0 N–H and O–H groups in total. The molecule has 5 aliphatic carbocycles. The fourth-order valence-electron chi connectivity index (χ4n) is 13.3. The molecule has 9 aromatic rings. The Morgan fingerprint density at radius 3 is 2.08 bits per heavy atom. The minimum Gasteiger partial charge on any atom is -0.456 e. The topological polar surface area (TPSA) is 29.5 Å². The summed E-state index contributed by atoms with van der Waals surface area (Å²) in [5.74, 6) is 1.96. The lowest BCUT2D eigenvalue weighted by atomic mass is 9.65. The SMILES string of the molecule is C1=CC(c2cccc3c2oc2ccccc23)Cc2cc(N(C3=CCCC4=C3C3(CCCCC3)c3ccccc34)c3ccc4c(c3)C(c3ccccc3)(c3ccccc3)c3ccccc3-4)oc21. The average molecular weight is 852 g/mol. The quantitative estimate of drug-likeness (QED) is 0.167. The molecule has 0 aliphatic heterocycles. The van der Waals surface area contributed by atoms with Crippen molar-refractivity contribution < 1.29 is 8.83 Å². The molecule has 5 aliphatic rings. The molecule has 0 bridgehead atoms. The number of para-hydroxylation sites is 2. The van der Waals surface area contributed by atoms with E-state index in [2.05, 4.69) is 199 Å².